The maximum Gasteiger partial charge on any atom is 0.191 e. The Bertz CT molecular complexity index is 1100. The quantitative estimate of drug-likeness (QED) is 0.199. The molecule has 0 bridgehead atoms. The van der Waals surface area contributed by atoms with Gasteiger partial charge in [0.2, 0.25) is 0 Å². The lowest BCUT2D eigenvalue weighted by Crippen LogP contribution is -2.41. The summed E-state index contributed by atoms with van der Waals surface area (Å²) in [7, 11) is -1.73. The van der Waals surface area contributed by atoms with Crippen molar-refractivity contribution in [3.05, 3.63) is 59.6 Å². The zero-order chi connectivity index (χ0) is 22.1. The summed E-state index contributed by atoms with van der Waals surface area (Å²) in [6.07, 6.45) is 3.16. The molecule has 1 heterocycles. The third-order valence-electron chi connectivity index (χ3n) is 6.47. The monoisotopic (exact) mass is 419 g/mol. The Morgan fingerprint density at radius 3 is 2.53 bits per heavy atom. The highest BCUT2D eigenvalue weighted by Gasteiger charge is 2.36. The predicted octanol–water partition coefficient (Wildman–Crippen LogP) is 7.16. The Kier molecular flexibility index (Phi) is 6.12. The van der Waals surface area contributed by atoms with Crippen LogP contribution in [0.3, 0.4) is 0 Å². The molecule has 3 aromatic rings. The van der Waals surface area contributed by atoms with Gasteiger partial charge in [-0.2, -0.15) is 0 Å². The van der Waals surface area contributed by atoms with E-state index in [0.717, 1.165) is 52.9 Å². The highest BCUT2D eigenvalue weighted by atomic mass is 28.4. The van der Waals surface area contributed by atoms with Gasteiger partial charge in [0.15, 0.2) is 14.0 Å². The standard InChI is InChI=1S/C25H33N3OSi/c1-18-20(10-8-11-23(18)26)22-17-28(24-13-12-19(27-5)16-21(22)24)14-9-15-29-30(6,7)25(2,3)4/h8,10-13,16-17H,9,14-15,26H2,1-4,6-7H3. The normalized spacial score (nSPS) is 12.3. The predicted molar refractivity (Wildman–Crippen MR) is 131 cm³/mol. The molecule has 5 heteroatoms. The molecule has 0 aliphatic heterocycles. The lowest BCUT2D eigenvalue weighted by molar-refractivity contribution is 0.276. The van der Waals surface area contributed by atoms with Crippen molar-refractivity contribution < 1.29 is 4.43 Å². The van der Waals surface area contributed by atoms with E-state index in [0.29, 0.717) is 5.69 Å². The van der Waals surface area contributed by atoms with Crippen LogP contribution in [0.4, 0.5) is 11.4 Å². The molecule has 30 heavy (non-hydrogen) atoms. The molecule has 0 aliphatic carbocycles. The Morgan fingerprint density at radius 2 is 1.87 bits per heavy atom. The van der Waals surface area contributed by atoms with E-state index in [1.165, 1.54) is 0 Å². The summed E-state index contributed by atoms with van der Waals surface area (Å²) in [5.74, 6) is 0. The van der Waals surface area contributed by atoms with Crippen molar-refractivity contribution in [2.24, 2.45) is 0 Å². The van der Waals surface area contributed by atoms with Crippen LogP contribution in [-0.4, -0.2) is 19.5 Å². The average Bonchev–Trinajstić information content (AvgIpc) is 3.04. The number of nitrogens with two attached hydrogens (primary N) is 1. The fraction of sp³-hybridized carbons (Fsp3) is 0.400. The van der Waals surface area contributed by atoms with Gasteiger partial charge in [-0.1, -0.05) is 39.0 Å². The summed E-state index contributed by atoms with van der Waals surface area (Å²) in [5.41, 5.74) is 12.1. The first kappa shape index (κ1) is 22.1. The van der Waals surface area contributed by atoms with Gasteiger partial charge in [-0.25, -0.2) is 4.85 Å². The van der Waals surface area contributed by atoms with E-state index in [2.05, 4.69) is 68.5 Å². The summed E-state index contributed by atoms with van der Waals surface area (Å²) < 4.78 is 8.65. The number of nitrogen functional groups attached to an aromatic ring is 1. The first-order valence-corrected chi connectivity index (χ1v) is 13.5. The van der Waals surface area contributed by atoms with Crippen LogP contribution in [0.25, 0.3) is 26.9 Å². The molecule has 3 rings (SSSR count). The number of nitrogens with zero attached hydrogens (tertiary/aromatic N) is 2. The van der Waals surface area contributed by atoms with Crippen molar-refractivity contribution in [1.29, 1.82) is 0 Å². The van der Waals surface area contributed by atoms with Crippen LogP contribution >= 0.6 is 0 Å². The second kappa shape index (κ2) is 8.29. The van der Waals surface area contributed by atoms with E-state index in [9.17, 15) is 0 Å². The fourth-order valence-corrected chi connectivity index (χ4v) is 4.57. The van der Waals surface area contributed by atoms with Crippen LogP contribution in [0.1, 0.15) is 32.8 Å². The van der Waals surface area contributed by atoms with Crippen LogP contribution < -0.4 is 5.73 Å². The summed E-state index contributed by atoms with van der Waals surface area (Å²) in [4.78, 5) is 3.63. The van der Waals surface area contributed by atoms with Crippen LogP contribution in [0.15, 0.2) is 42.6 Å². The molecule has 4 nitrogen and oxygen atoms in total. The van der Waals surface area contributed by atoms with Gasteiger partial charge in [0.1, 0.15) is 0 Å². The summed E-state index contributed by atoms with van der Waals surface area (Å²) >= 11 is 0. The molecule has 158 valence electrons. The van der Waals surface area contributed by atoms with Gasteiger partial charge in [0.05, 0.1) is 6.57 Å². The maximum atomic E-state index is 7.41. The van der Waals surface area contributed by atoms with Crippen molar-refractivity contribution in [3.8, 4) is 11.1 Å². The number of anilines is 1. The summed E-state index contributed by atoms with van der Waals surface area (Å²) in [6.45, 7) is 22.5. The Balaban J connectivity index is 1.91. The molecule has 0 aliphatic rings. The van der Waals surface area contributed by atoms with Crippen molar-refractivity contribution in [1.82, 2.24) is 4.57 Å². The molecule has 0 spiro atoms. The zero-order valence-electron chi connectivity index (χ0n) is 19.0. The van der Waals surface area contributed by atoms with Gasteiger partial charge in [0, 0.05) is 36.1 Å². The van der Waals surface area contributed by atoms with E-state index in [1.807, 2.05) is 24.3 Å². The van der Waals surface area contributed by atoms with E-state index >= 15 is 0 Å². The van der Waals surface area contributed by atoms with Crippen molar-refractivity contribution in [3.63, 3.8) is 0 Å². The summed E-state index contributed by atoms with van der Waals surface area (Å²) in [5, 5.41) is 1.32. The molecule has 0 unspecified atom stereocenters. The number of aromatic nitrogens is 1. The lowest BCUT2D eigenvalue weighted by Gasteiger charge is -2.36. The van der Waals surface area contributed by atoms with Gasteiger partial charge in [0.25, 0.3) is 0 Å². The molecule has 0 atom stereocenters. The smallest absolute Gasteiger partial charge is 0.191 e. The Hall–Kier alpha value is -2.55. The van der Waals surface area contributed by atoms with Crippen LogP contribution in [0, 0.1) is 13.5 Å². The highest BCUT2D eigenvalue weighted by Crippen LogP contribution is 2.38. The number of hydrogen-bond donors (Lipinski definition) is 1. The van der Waals surface area contributed by atoms with Crippen LogP contribution in [0.5, 0.6) is 0 Å². The number of benzene rings is 2. The zero-order valence-corrected chi connectivity index (χ0v) is 20.0. The minimum atomic E-state index is -1.73. The fourth-order valence-electron chi connectivity index (χ4n) is 3.48. The summed E-state index contributed by atoms with van der Waals surface area (Å²) in [6, 6.07) is 12.0. The number of rotatable bonds is 6. The minimum absolute atomic E-state index is 0.223. The molecule has 0 saturated carbocycles. The number of fused-ring (bicyclic) bond motifs is 1. The Morgan fingerprint density at radius 1 is 1.13 bits per heavy atom. The molecule has 1 aromatic heterocycles. The second-order valence-electron chi connectivity index (χ2n) is 9.53. The van der Waals surface area contributed by atoms with Crippen LogP contribution in [-0.2, 0) is 11.0 Å². The van der Waals surface area contributed by atoms with E-state index < -0.39 is 8.32 Å². The van der Waals surface area contributed by atoms with Crippen LogP contribution in [0.2, 0.25) is 18.1 Å². The molecule has 2 aromatic carbocycles. The molecule has 0 fully saturated rings. The highest BCUT2D eigenvalue weighted by molar-refractivity contribution is 6.74. The van der Waals surface area contributed by atoms with E-state index in [4.69, 9.17) is 16.7 Å². The van der Waals surface area contributed by atoms with Crippen molar-refractivity contribution in [2.75, 3.05) is 12.3 Å². The van der Waals surface area contributed by atoms with Gasteiger partial charge >= 0.3 is 0 Å². The average molecular weight is 420 g/mol. The molecule has 0 amide bonds. The first-order chi connectivity index (χ1) is 14.0. The van der Waals surface area contributed by atoms with Gasteiger partial charge in [-0.3, -0.25) is 0 Å². The van der Waals surface area contributed by atoms with Gasteiger partial charge < -0.3 is 14.7 Å². The number of aryl methyl sites for hydroxylation is 1. The molecule has 0 saturated heterocycles. The minimum Gasteiger partial charge on any atom is -0.417 e. The van der Waals surface area contributed by atoms with Gasteiger partial charge in [-0.15, -0.1) is 0 Å². The lowest BCUT2D eigenvalue weighted by atomic mass is 9.99. The SMILES string of the molecule is [C-]#[N+]c1ccc2c(c1)c(-c1cccc(N)c1C)cn2CCCO[Si](C)(C)C(C)(C)C. The topological polar surface area (TPSA) is 44.5 Å². The molecule has 0 radical (unpaired) electrons. The first-order valence-electron chi connectivity index (χ1n) is 10.5. The maximum absolute atomic E-state index is 7.41. The second-order valence-corrected chi connectivity index (χ2v) is 14.3. The van der Waals surface area contributed by atoms with E-state index in [1.54, 1.807) is 0 Å². The van der Waals surface area contributed by atoms with Gasteiger partial charge in [-0.05, 0) is 66.2 Å². The third kappa shape index (κ3) is 4.30. The molecule has 2 N–H and O–H groups in total. The number of hydrogen-bond acceptors (Lipinski definition) is 2. The largest absolute Gasteiger partial charge is 0.417 e. The molecular weight excluding hydrogens is 386 g/mol. The van der Waals surface area contributed by atoms with Crippen molar-refractivity contribution in [2.45, 2.75) is 58.8 Å². The Labute approximate surface area is 181 Å². The van der Waals surface area contributed by atoms with E-state index in [-0.39, 0.29) is 5.04 Å². The molecular formula is C25H33N3OSi. The van der Waals surface area contributed by atoms with Crippen molar-refractivity contribution >= 4 is 30.6 Å². The third-order valence-corrected chi connectivity index (χ3v) is 11.0.